The lowest BCUT2D eigenvalue weighted by Gasteiger charge is -2.40. The number of amides is 1. The number of piperidine rings is 1. The topological polar surface area (TPSA) is 67.4 Å². The number of hydrogen-bond acceptors (Lipinski definition) is 5. The van der Waals surface area contributed by atoms with E-state index in [1.807, 2.05) is 25.7 Å². The lowest BCUT2D eigenvalue weighted by molar-refractivity contribution is 0.0519. The van der Waals surface area contributed by atoms with Crippen LogP contribution in [-0.4, -0.2) is 40.8 Å². The third-order valence-corrected chi connectivity index (χ3v) is 3.83. The van der Waals surface area contributed by atoms with Crippen LogP contribution in [0.4, 0.5) is 15.1 Å². The maximum atomic E-state index is 13.0. The highest BCUT2D eigenvalue weighted by molar-refractivity contribution is 5.67. The van der Waals surface area contributed by atoms with Crippen molar-refractivity contribution in [2.75, 3.05) is 18.0 Å². The summed E-state index contributed by atoms with van der Waals surface area (Å²) in [6.07, 6.45) is 3.98. The fourth-order valence-electron chi connectivity index (χ4n) is 2.76. The molecule has 1 fully saturated rings. The Hall–Kier alpha value is -1.92. The van der Waals surface area contributed by atoms with Crippen LogP contribution in [-0.2, 0) is 4.74 Å². The predicted molar refractivity (Wildman–Crippen MR) is 85.8 cm³/mol. The van der Waals surface area contributed by atoms with Crippen molar-refractivity contribution in [3.05, 3.63) is 18.2 Å². The quantitative estimate of drug-likeness (QED) is 0.926. The molecule has 1 aromatic heterocycles. The van der Waals surface area contributed by atoms with Crippen molar-refractivity contribution in [3.8, 4) is 0 Å². The number of carbonyl (C=O) groups is 1. The Morgan fingerprint density at radius 2 is 2.09 bits per heavy atom. The third kappa shape index (κ3) is 5.04. The van der Waals surface area contributed by atoms with Crippen molar-refractivity contribution in [2.45, 2.75) is 52.2 Å². The van der Waals surface area contributed by atoms with Gasteiger partial charge in [0.25, 0.3) is 0 Å². The standard InChI is InChI=1S/C16H25FN4O2/c1-11-6-5-7-21(14-18-8-12(17)9-19-14)13(11)10-20-15(22)23-16(2,3)4/h8-9,11,13H,5-7,10H2,1-4H3,(H,20,22). The monoisotopic (exact) mass is 324 g/mol. The van der Waals surface area contributed by atoms with E-state index >= 15 is 0 Å². The molecule has 6 nitrogen and oxygen atoms in total. The molecule has 1 aromatic rings. The van der Waals surface area contributed by atoms with Crippen LogP contribution >= 0.6 is 0 Å². The molecule has 1 aliphatic heterocycles. The summed E-state index contributed by atoms with van der Waals surface area (Å²) < 4.78 is 18.3. The second-order valence-electron chi connectivity index (χ2n) is 6.96. The van der Waals surface area contributed by atoms with Crippen LogP contribution in [0.15, 0.2) is 12.4 Å². The Labute approximate surface area is 136 Å². The van der Waals surface area contributed by atoms with Gasteiger partial charge in [-0.3, -0.25) is 0 Å². The highest BCUT2D eigenvalue weighted by atomic mass is 19.1. The second-order valence-corrected chi connectivity index (χ2v) is 6.96. The molecule has 128 valence electrons. The summed E-state index contributed by atoms with van der Waals surface area (Å²) in [5, 5.41) is 2.82. The molecule has 0 saturated carbocycles. The number of ether oxygens (including phenoxy) is 1. The molecule has 1 N–H and O–H groups in total. The van der Waals surface area contributed by atoms with Gasteiger partial charge in [-0.2, -0.15) is 0 Å². The minimum atomic E-state index is -0.526. The van der Waals surface area contributed by atoms with Crippen LogP contribution in [0.5, 0.6) is 0 Å². The normalized spacial score (nSPS) is 21.9. The first-order valence-corrected chi connectivity index (χ1v) is 7.97. The van der Waals surface area contributed by atoms with Crippen molar-refractivity contribution in [1.29, 1.82) is 0 Å². The number of hydrogen-bond donors (Lipinski definition) is 1. The fourth-order valence-corrected chi connectivity index (χ4v) is 2.76. The number of rotatable bonds is 3. The number of anilines is 1. The van der Waals surface area contributed by atoms with E-state index < -0.39 is 17.5 Å². The van der Waals surface area contributed by atoms with E-state index in [1.165, 1.54) is 12.4 Å². The van der Waals surface area contributed by atoms with Crippen molar-refractivity contribution in [3.63, 3.8) is 0 Å². The Balaban J connectivity index is 2.03. The maximum Gasteiger partial charge on any atom is 0.407 e. The largest absolute Gasteiger partial charge is 0.444 e. The number of nitrogens with one attached hydrogen (secondary N) is 1. The zero-order valence-corrected chi connectivity index (χ0v) is 14.2. The summed E-state index contributed by atoms with van der Waals surface area (Å²) in [4.78, 5) is 22.0. The second kappa shape index (κ2) is 7.10. The van der Waals surface area contributed by atoms with Crippen LogP contribution in [0.1, 0.15) is 40.5 Å². The summed E-state index contributed by atoms with van der Waals surface area (Å²) in [5.41, 5.74) is -0.526. The van der Waals surface area contributed by atoms with Gasteiger partial charge in [0.2, 0.25) is 5.95 Å². The van der Waals surface area contributed by atoms with E-state index in [0.717, 1.165) is 19.4 Å². The molecular weight excluding hydrogens is 299 g/mol. The van der Waals surface area contributed by atoms with Crippen LogP contribution in [0.2, 0.25) is 0 Å². The van der Waals surface area contributed by atoms with Crippen molar-refractivity contribution in [2.24, 2.45) is 5.92 Å². The molecule has 2 rings (SSSR count). The van der Waals surface area contributed by atoms with E-state index in [4.69, 9.17) is 4.74 Å². The average Bonchev–Trinajstić information content (AvgIpc) is 2.45. The van der Waals surface area contributed by atoms with Crippen molar-refractivity contribution < 1.29 is 13.9 Å². The van der Waals surface area contributed by atoms with Gasteiger partial charge < -0.3 is 15.0 Å². The Bertz CT molecular complexity index is 530. The highest BCUT2D eigenvalue weighted by Gasteiger charge is 2.31. The number of carbonyl (C=O) groups excluding carboxylic acids is 1. The molecule has 0 aliphatic carbocycles. The molecule has 7 heteroatoms. The van der Waals surface area contributed by atoms with E-state index in [2.05, 4.69) is 22.2 Å². The van der Waals surface area contributed by atoms with Crippen LogP contribution < -0.4 is 10.2 Å². The SMILES string of the molecule is CC1CCCN(c2ncc(F)cn2)C1CNC(=O)OC(C)(C)C. The Morgan fingerprint density at radius 3 is 2.70 bits per heavy atom. The summed E-state index contributed by atoms with van der Waals surface area (Å²) in [6, 6.07) is 0.0572. The molecule has 0 aromatic carbocycles. The van der Waals surface area contributed by atoms with E-state index in [0.29, 0.717) is 18.4 Å². The van der Waals surface area contributed by atoms with Gasteiger partial charge in [-0.15, -0.1) is 0 Å². The van der Waals surface area contributed by atoms with Gasteiger partial charge in [0.15, 0.2) is 5.82 Å². The molecule has 0 spiro atoms. The first kappa shape index (κ1) is 17.4. The van der Waals surface area contributed by atoms with Gasteiger partial charge in [0.1, 0.15) is 5.60 Å². The zero-order chi connectivity index (χ0) is 17.0. The van der Waals surface area contributed by atoms with Gasteiger partial charge >= 0.3 is 6.09 Å². The lowest BCUT2D eigenvalue weighted by atomic mass is 9.91. The number of halogens is 1. The Morgan fingerprint density at radius 1 is 1.43 bits per heavy atom. The molecule has 1 amide bonds. The van der Waals surface area contributed by atoms with E-state index in [1.54, 1.807) is 0 Å². The van der Waals surface area contributed by atoms with Crippen LogP contribution in [0.3, 0.4) is 0 Å². The minimum absolute atomic E-state index is 0.0572. The predicted octanol–water partition coefficient (Wildman–Crippen LogP) is 2.75. The summed E-state index contributed by atoms with van der Waals surface area (Å²) in [6.45, 7) is 8.85. The van der Waals surface area contributed by atoms with Crippen molar-refractivity contribution in [1.82, 2.24) is 15.3 Å². The molecule has 1 saturated heterocycles. The van der Waals surface area contributed by atoms with Gasteiger partial charge in [0, 0.05) is 13.1 Å². The molecule has 2 heterocycles. The smallest absolute Gasteiger partial charge is 0.407 e. The van der Waals surface area contributed by atoms with Crippen LogP contribution in [0.25, 0.3) is 0 Å². The number of aromatic nitrogens is 2. The fraction of sp³-hybridized carbons (Fsp3) is 0.688. The molecule has 0 bridgehead atoms. The number of nitrogens with zero attached hydrogens (tertiary/aromatic N) is 3. The zero-order valence-electron chi connectivity index (χ0n) is 14.2. The van der Waals surface area contributed by atoms with Gasteiger partial charge in [0.05, 0.1) is 18.4 Å². The van der Waals surface area contributed by atoms with Gasteiger partial charge in [-0.25, -0.2) is 19.2 Å². The Kier molecular flexibility index (Phi) is 5.38. The van der Waals surface area contributed by atoms with Crippen LogP contribution in [0, 0.1) is 11.7 Å². The molecule has 1 aliphatic rings. The summed E-state index contributed by atoms with van der Waals surface area (Å²) >= 11 is 0. The third-order valence-electron chi connectivity index (χ3n) is 3.83. The minimum Gasteiger partial charge on any atom is -0.444 e. The van der Waals surface area contributed by atoms with E-state index in [-0.39, 0.29) is 6.04 Å². The molecule has 2 unspecified atom stereocenters. The van der Waals surface area contributed by atoms with Crippen molar-refractivity contribution >= 4 is 12.0 Å². The average molecular weight is 324 g/mol. The summed E-state index contributed by atoms with van der Waals surface area (Å²) in [5.74, 6) is 0.406. The first-order chi connectivity index (χ1) is 10.8. The molecule has 2 atom stereocenters. The number of alkyl carbamates (subject to hydrolysis) is 1. The van der Waals surface area contributed by atoms with Gasteiger partial charge in [-0.1, -0.05) is 6.92 Å². The van der Waals surface area contributed by atoms with Gasteiger partial charge in [-0.05, 0) is 39.5 Å². The first-order valence-electron chi connectivity index (χ1n) is 7.97. The maximum absolute atomic E-state index is 13.0. The highest BCUT2D eigenvalue weighted by Crippen LogP contribution is 2.26. The molecular formula is C16H25FN4O2. The summed E-state index contributed by atoms with van der Waals surface area (Å²) in [7, 11) is 0. The molecule has 0 radical (unpaired) electrons. The lowest BCUT2D eigenvalue weighted by Crippen LogP contribution is -2.52. The molecule has 23 heavy (non-hydrogen) atoms. The van der Waals surface area contributed by atoms with E-state index in [9.17, 15) is 9.18 Å².